The van der Waals surface area contributed by atoms with Crippen LogP contribution in [0.25, 0.3) is 0 Å². The second-order valence-electron chi connectivity index (χ2n) is 7.81. The van der Waals surface area contributed by atoms with Crippen LogP contribution in [0.4, 0.5) is 10.5 Å². The summed E-state index contributed by atoms with van der Waals surface area (Å²) in [6.07, 6.45) is 4.38. The summed E-state index contributed by atoms with van der Waals surface area (Å²) >= 11 is 0. The molecule has 27 heavy (non-hydrogen) atoms. The summed E-state index contributed by atoms with van der Waals surface area (Å²) in [7, 11) is -2.19. The van der Waals surface area contributed by atoms with Crippen LogP contribution < -0.4 is 4.90 Å². The Bertz CT molecular complexity index is 626. The molecule has 0 aromatic heterocycles. The van der Waals surface area contributed by atoms with Crippen molar-refractivity contribution in [3.63, 3.8) is 0 Å². The highest BCUT2D eigenvalue weighted by Gasteiger charge is 2.61. The summed E-state index contributed by atoms with van der Waals surface area (Å²) in [4.78, 5) is 29.5. The molecule has 0 saturated carbocycles. The van der Waals surface area contributed by atoms with Gasteiger partial charge >= 0.3 is 6.03 Å². The first-order chi connectivity index (χ1) is 13.0. The van der Waals surface area contributed by atoms with Gasteiger partial charge in [0.1, 0.15) is 5.54 Å². The molecule has 1 aromatic carbocycles. The van der Waals surface area contributed by atoms with Gasteiger partial charge in [0.15, 0.2) is 8.24 Å². The molecule has 1 aliphatic heterocycles. The van der Waals surface area contributed by atoms with Crippen molar-refractivity contribution in [2.45, 2.75) is 90.4 Å². The minimum absolute atomic E-state index is 0.0587. The second-order valence-corrected chi connectivity index (χ2v) is 12.2. The molecule has 4 nitrogen and oxygen atoms in total. The maximum Gasteiger partial charge on any atom is 0.324 e. The van der Waals surface area contributed by atoms with Crippen molar-refractivity contribution in [2.24, 2.45) is 0 Å². The van der Waals surface area contributed by atoms with E-state index < -0.39 is 13.8 Å². The zero-order chi connectivity index (χ0) is 20.1. The van der Waals surface area contributed by atoms with Crippen molar-refractivity contribution in [2.75, 3.05) is 4.90 Å². The highest BCUT2D eigenvalue weighted by Crippen LogP contribution is 2.43. The predicted molar refractivity (Wildman–Crippen MR) is 116 cm³/mol. The molecule has 0 aliphatic carbocycles. The van der Waals surface area contributed by atoms with Crippen LogP contribution in [0.3, 0.4) is 0 Å². The number of carbonyl (C=O) groups is 2. The maximum absolute atomic E-state index is 13.9. The molecule has 0 unspecified atom stereocenters. The Kier molecular flexibility index (Phi) is 7.26. The van der Waals surface area contributed by atoms with Gasteiger partial charge in [-0.2, -0.15) is 0 Å². The fraction of sp³-hybridized carbons (Fsp3) is 0.636. The zero-order valence-corrected chi connectivity index (χ0v) is 18.8. The molecule has 5 heteroatoms. The third kappa shape index (κ3) is 3.58. The van der Waals surface area contributed by atoms with Crippen molar-refractivity contribution < 1.29 is 9.59 Å². The van der Waals surface area contributed by atoms with E-state index >= 15 is 0 Å². The topological polar surface area (TPSA) is 40.6 Å². The first kappa shape index (κ1) is 21.7. The van der Waals surface area contributed by atoms with Gasteiger partial charge in [0.05, 0.1) is 0 Å². The number of rotatable bonds is 10. The number of para-hydroxylation sites is 1. The number of imide groups is 1. The van der Waals surface area contributed by atoms with Gasteiger partial charge in [-0.3, -0.25) is 14.3 Å². The normalized spacial score (nSPS) is 17.1. The molecular weight excluding hydrogens is 352 g/mol. The van der Waals surface area contributed by atoms with E-state index in [9.17, 15) is 9.59 Å². The average molecular weight is 389 g/mol. The lowest BCUT2D eigenvalue weighted by molar-refractivity contribution is -0.128. The third-order valence-corrected chi connectivity index (χ3v) is 11.9. The molecule has 0 atom stereocenters. The van der Waals surface area contributed by atoms with E-state index in [0.717, 1.165) is 43.1 Å². The van der Waals surface area contributed by atoms with Crippen LogP contribution in [-0.2, 0) is 4.79 Å². The Balaban J connectivity index is 2.63. The molecule has 0 spiro atoms. The summed E-state index contributed by atoms with van der Waals surface area (Å²) in [5, 5.41) is 0. The Morgan fingerprint density at radius 3 is 1.70 bits per heavy atom. The molecule has 1 saturated heterocycles. The highest BCUT2D eigenvalue weighted by atomic mass is 28.3. The molecule has 1 aliphatic rings. The number of anilines is 1. The Morgan fingerprint density at radius 1 is 0.815 bits per heavy atom. The molecule has 1 aromatic rings. The smallest absolute Gasteiger partial charge is 0.291 e. The van der Waals surface area contributed by atoms with Crippen molar-refractivity contribution in [1.29, 1.82) is 0 Å². The van der Waals surface area contributed by atoms with Crippen LogP contribution >= 0.6 is 0 Å². The van der Waals surface area contributed by atoms with Crippen molar-refractivity contribution in [1.82, 2.24) is 4.57 Å². The molecule has 0 N–H and O–H groups in total. The molecule has 2 rings (SSSR count). The van der Waals surface area contributed by atoms with E-state index in [1.807, 2.05) is 53.6 Å². The number of carbonyl (C=O) groups excluding carboxylic acids is 2. The Labute approximate surface area is 166 Å². The second kappa shape index (κ2) is 9.05. The SMILES string of the molecule is CCC[Si](CCC)(CCC)N1C(=O)N(c2ccccc2)C(CC)(CC)C1=O. The summed E-state index contributed by atoms with van der Waals surface area (Å²) < 4.78 is 1.81. The summed E-state index contributed by atoms with van der Waals surface area (Å²) in [5.41, 5.74) is 0.0979. The van der Waals surface area contributed by atoms with Gasteiger partial charge in [0.2, 0.25) is 5.91 Å². The van der Waals surface area contributed by atoms with E-state index in [0.29, 0.717) is 12.8 Å². The fourth-order valence-corrected chi connectivity index (χ4v) is 10.4. The third-order valence-electron chi connectivity index (χ3n) is 6.22. The monoisotopic (exact) mass is 388 g/mol. The molecule has 150 valence electrons. The van der Waals surface area contributed by atoms with E-state index in [2.05, 4.69) is 20.8 Å². The number of hydrogen-bond donors (Lipinski definition) is 0. The minimum Gasteiger partial charge on any atom is -0.291 e. The van der Waals surface area contributed by atoms with Crippen LogP contribution in [0.2, 0.25) is 18.1 Å². The van der Waals surface area contributed by atoms with Gasteiger partial charge in [0.25, 0.3) is 0 Å². The lowest BCUT2D eigenvalue weighted by Gasteiger charge is -2.38. The number of nitrogens with zero attached hydrogens (tertiary/aromatic N) is 2. The van der Waals surface area contributed by atoms with Gasteiger partial charge in [-0.15, -0.1) is 0 Å². The van der Waals surface area contributed by atoms with Crippen molar-refractivity contribution >= 4 is 25.9 Å². The Morgan fingerprint density at radius 2 is 1.30 bits per heavy atom. The van der Waals surface area contributed by atoms with Crippen LogP contribution in [0.5, 0.6) is 0 Å². The summed E-state index contributed by atoms with van der Waals surface area (Å²) in [5.74, 6) is 0.0587. The standard InChI is InChI=1S/C22H36N2O2Si/c1-6-16-27(17-7-2,18-8-3)24-20(25)22(9-4,10-5)23(21(24)26)19-14-12-11-13-15-19/h11-15H,6-10,16-18H2,1-5H3. The van der Waals surface area contributed by atoms with Crippen LogP contribution in [0.1, 0.15) is 66.7 Å². The van der Waals surface area contributed by atoms with Crippen LogP contribution in [-0.4, -0.2) is 30.3 Å². The number of urea groups is 1. The lowest BCUT2D eigenvalue weighted by Crippen LogP contribution is -2.57. The maximum atomic E-state index is 13.9. The first-order valence-corrected chi connectivity index (χ1v) is 13.3. The van der Waals surface area contributed by atoms with E-state index in [1.54, 1.807) is 0 Å². The highest BCUT2D eigenvalue weighted by molar-refractivity contribution is 6.82. The zero-order valence-electron chi connectivity index (χ0n) is 17.8. The molecule has 1 fully saturated rings. The molecule has 0 bridgehead atoms. The molecular formula is C22H36N2O2Si. The van der Waals surface area contributed by atoms with E-state index in [1.165, 1.54) is 0 Å². The van der Waals surface area contributed by atoms with Crippen LogP contribution in [0.15, 0.2) is 30.3 Å². The van der Waals surface area contributed by atoms with Crippen LogP contribution in [0, 0.1) is 0 Å². The van der Waals surface area contributed by atoms with Gasteiger partial charge in [0, 0.05) is 5.69 Å². The van der Waals surface area contributed by atoms with Gasteiger partial charge < -0.3 is 0 Å². The first-order valence-electron chi connectivity index (χ1n) is 10.7. The lowest BCUT2D eigenvalue weighted by atomic mass is 9.91. The minimum atomic E-state index is -2.19. The summed E-state index contributed by atoms with van der Waals surface area (Å²) in [6.45, 7) is 10.6. The number of benzene rings is 1. The van der Waals surface area contributed by atoms with Gasteiger partial charge in [-0.25, -0.2) is 4.79 Å². The quantitative estimate of drug-likeness (QED) is 0.354. The Hall–Kier alpha value is -1.62. The largest absolute Gasteiger partial charge is 0.324 e. The van der Waals surface area contributed by atoms with E-state index in [-0.39, 0.29) is 11.9 Å². The van der Waals surface area contributed by atoms with Gasteiger partial charge in [-0.1, -0.05) is 72.1 Å². The molecule has 3 amide bonds. The molecule has 0 radical (unpaired) electrons. The van der Waals surface area contributed by atoms with Gasteiger partial charge in [-0.05, 0) is 43.1 Å². The van der Waals surface area contributed by atoms with Crippen molar-refractivity contribution in [3.05, 3.63) is 30.3 Å². The predicted octanol–water partition coefficient (Wildman–Crippen LogP) is 6.19. The van der Waals surface area contributed by atoms with E-state index in [4.69, 9.17) is 0 Å². The average Bonchev–Trinajstić information content (AvgIpc) is 2.90. The number of hydrogen-bond acceptors (Lipinski definition) is 2. The van der Waals surface area contributed by atoms with Crippen molar-refractivity contribution in [3.8, 4) is 0 Å². The number of amides is 3. The molecule has 1 heterocycles. The summed E-state index contributed by atoms with van der Waals surface area (Å²) in [6, 6.07) is 12.7. The fourth-order valence-electron chi connectivity index (χ4n) is 5.00.